The Balaban J connectivity index is 1.83. The van der Waals surface area contributed by atoms with Crippen LogP contribution in [0.5, 0.6) is 0 Å². The van der Waals surface area contributed by atoms with E-state index in [0.717, 1.165) is 0 Å². The Labute approximate surface area is 178 Å². The fourth-order valence-electron chi connectivity index (χ4n) is 3.55. The lowest BCUT2D eigenvalue weighted by Gasteiger charge is -2.35. The predicted octanol–water partition coefficient (Wildman–Crippen LogP) is 0.415. The SMILES string of the molecule is CC[C@](C)(O)P(=O)(O)OC(C)(C)C[C@H]1OC(n2ccc3c(=O)[nH]c(N)nc32)[C@H](O)[C@@H]1O. The second kappa shape index (κ2) is 7.96. The first-order valence-electron chi connectivity index (χ1n) is 9.83. The molecule has 6 atom stereocenters. The molecule has 13 heteroatoms. The maximum atomic E-state index is 12.5. The van der Waals surface area contributed by atoms with Crippen LogP contribution in [0.25, 0.3) is 11.0 Å². The first kappa shape index (κ1) is 23.9. The molecule has 3 rings (SSSR count). The van der Waals surface area contributed by atoms with Crippen LogP contribution in [0, 0.1) is 0 Å². The van der Waals surface area contributed by atoms with Gasteiger partial charge >= 0.3 is 7.60 Å². The first-order valence-corrected chi connectivity index (χ1v) is 11.4. The van der Waals surface area contributed by atoms with E-state index in [0.29, 0.717) is 0 Å². The Morgan fingerprint density at radius 3 is 2.61 bits per heavy atom. The molecule has 0 bridgehead atoms. The molecule has 0 saturated carbocycles. The van der Waals surface area contributed by atoms with Crippen LogP contribution < -0.4 is 11.3 Å². The molecule has 0 radical (unpaired) electrons. The van der Waals surface area contributed by atoms with Crippen molar-refractivity contribution in [1.82, 2.24) is 14.5 Å². The third-order valence-corrected chi connectivity index (χ3v) is 7.83. The van der Waals surface area contributed by atoms with Gasteiger partial charge in [0.05, 0.1) is 17.1 Å². The van der Waals surface area contributed by atoms with E-state index in [9.17, 15) is 29.6 Å². The lowest BCUT2D eigenvalue weighted by atomic mass is 9.97. The number of aliphatic hydroxyl groups is 3. The number of fused-ring (bicyclic) bond motifs is 1. The van der Waals surface area contributed by atoms with E-state index in [4.69, 9.17) is 15.0 Å². The van der Waals surface area contributed by atoms with Crippen LogP contribution >= 0.6 is 7.60 Å². The molecule has 12 nitrogen and oxygen atoms in total. The van der Waals surface area contributed by atoms with Crippen LogP contribution in [0.15, 0.2) is 17.1 Å². The average Bonchev–Trinajstić information content (AvgIpc) is 3.16. The number of aliphatic hydroxyl groups excluding tert-OH is 2. The number of hydrogen-bond donors (Lipinski definition) is 6. The fraction of sp³-hybridized carbons (Fsp3) is 0.667. The number of rotatable bonds is 7. The zero-order chi connectivity index (χ0) is 23.4. The largest absolute Gasteiger partial charge is 0.388 e. The van der Waals surface area contributed by atoms with Gasteiger partial charge in [-0.2, -0.15) is 4.98 Å². The van der Waals surface area contributed by atoms with Crippen LogP contribution in [0.1, 0.15) is 46.8 Å². The van der Waals surface area contributed by atoms with E-state index in [1.54, 1.807) is 6.92 Å². The van der Waals surface area contributed by atoms with Crippen LogP contribution in [0.2, 0.25) is 0 Å². The van der Waals surface area contributed by atoms with Gasteiger partial charge in [-0.1, -0.05) is 6.92 Å². The Bertz CT molecular complexity index is 1060. The predicted molar refractivity (Wildman–Crippen MR) is 111 cm³/mol. The lowest BCUT2D eigenvalue weighted by molar-refractivity contribution is -0.0634. The molecule has 0 aromatic carbocycles. The fourth-order valence-corrected chi connectivity index (χ4v) is 4.89. The van der Waals surface area contributed by atoms with Crippen molar-refractivity contribution in [3.05, 3.63) is 22.6 Å². The summed E-state index contributed by atoms with van der Waals surface area (Å²) in [7, 11) is -4.43. The Hall–Kier alpha value is -1.79. The number of nitrogens with two attached hydrogens (primary N) is 1. The van der Waals surface area contributed by atoms with Crippen molar-refractivity contribution in [2.24, 2.45) is 0 Å². The van der Waals surface area contributed by atoms with Crippen LogP contribution in [0.3, 0.4) is 0 Å². The average molecular weight is 460 g/mol. The summed E-state index contributed by atoms with van der Waals surface area (Å²) in [6.45, 7) is 5.80. The number of H-pyrrole nitrogens is 1. The number of aromatic amines is 1. The van der Waals surface area contributed by atoms with Crippen LogP contribution in [0.4, 0.5) is 5.95 Å². The van der Waals surface area contributed by atoms with Crippen LogP contribution in [-0.4, -0.2) is 64.0 Å². The van der Waals surface area contributed by atoms with Crippen molar-refractivity contribution < 1.29 is 34.0 Å². The van der Waals surface area contributed by atoms with E-state index < -0.39 is 48.6 Å². The summed E-state index contributed by atoms with van der Waals surface area (Å²) in [5, 5.41) is 29.6. The highest BCUT2D eigenvalue weighted by molar-refractivity contribution is 7.54. The molecule has 2 unspecified atom stereocenters. The standard InChI is InChI=1S/C18H29N4O8P/c1-5-18(4,26)31(27,28)30-17(2,3)8-10-11(23)12(24)15(29-10)22-7-6-9-13(22)20-16(19)21-14(9)25/h6-7,10-12,15,23-24,26H,5,8H2,1-4H3,(H,27,28)(H3,19,20,21,25)/t10-,11-,12-,15?,18-/m1/s1. The molecule has 174 valence electrons. The third-order valence-electron chi connectivity index (χ3n) is 5.55. The van der Waals surface area contributed by atoms with Crippen molar-refractivity contribution >= 4 is 24.6 Å². The van der Waals surface area contributed by atoms with Gasteiger partial charge in [-0.05, 0) is 33.3 Å². The molecular weight excluding hydrogens is 431 g/mol. The lowest BCUT2D eigenvalue weighted by Crippen LogP contribution is -2.38. The summed E-state index contributed by atoms with van der Waals surface area (Å²) in [5.74, 6) is -0.113. The summed E-state index contributed by atoms with van der Waals surface area (Å²) in [5.41, 5.74) is 4.04. The van der Waals surface area contributed by atoms with E-state index in [2.05, 4.69) is 9.97 Å². The van der Waals surface area contributed by atoms with E-state index >= 15 is 0 Å². The minimum atomic E-state index is -4.43. The number of aromatic nitrogens is 3. The minimum Gasteiger partial charge on any atom is -0.388 e. The van der Waals surface area contributed by atoms with Gasteiger partial charge in [-0.25, -0.2) is 0 Å². The van der Waals surface area contributed by atoms with Crippen molar-refractivity contribution in [3.8, 4) is 0 Å². The maximum Gasteiger partial charge on any atom is 0.359 e. The molecule has 7 N–H and O–H groups in total. The molecule has 0 amide bonds. The highest BCUT2D eigenvalue weighted by Crippen LogP contribution is 2.58. The van der Waals surface area contributed by atoms with Crippen LogP contribution in [-0.2, 0) is 13.8 Å². The molecule has 2 aromatic heterocycles. The minimum absolute atomic E-state index is 0.00380. The molecule has 1 aliphatic rings. The Morgan fingerprint density at radius 1 is 1.35 bits per heavy atom. The molecule has 1 fully saturated rings. The normalized spacial score (nSPS) is 28.5. The smallest absolute Gasteiger partial charge is 0.359 e. The van der Waals surface area contributed by atoms with E-state index in [1.807, 2.05) is 0 Å². The zero-order valence-electron chi connectivity index (χ0n) is 17.7. The van der Waals surface area contributed by atoms with Gasteiger partial charge in [0.15, 0.2) is 17.2 Å². The van der Waals surface area contributed by atoms with Gasteiger partial charge in [0.1, 0.15) is 12.2 Å². The molecule has 0 aliphatic carbocycles. The van der Waals surface area contributed by atoms with Crippen molar-refractivity contribution in [3.63, 3.8) is 0 Å². The molecule has 1 aliphatic heterocycles. The highest BCUT2D eigenvalue weighted by Gasteiger charge is 2.50. The number of nitrogens with one attached hydrogen (secondary N) is 1. The summed E-state index contributed by atoms with van der Waals surface area (Å²) in [4.78, 5) is 28.7. The van der Waals surface area contributed by atoms with Crippen molar-refractivity contribution in [1.29, 1.82) is 0 Å². The molecule has 3 heterocycles. The molecule has 2 aromatic rings. The Morgan fingerprint density at radius 2 is 2.00 bits per heavy atom. The number of anilines is 1. The first-order chi connectivity index (χ1) is 14.2. The van der Waals surface area contributed by atoms with Crippen molar-refractivity contribution in [2.75, 3.05) is 5.73 Å². The van der Waals surface area contributed by atoms with E-state index in [1.165, 1.54) is 37.6 Å². The van der Waals surface area contributed by atoms with E-state index in [-0.39, 0.29) is 29.8 Å². The maximum absolute atomic E-state index is 12.5. The Kier molecular flexibility index (Phi) is 6.13. The van der Waals surface area contributed by atoms with Gasteiger partial charge in [-0.15, -0.1) is 0 Å². The third kappa shape index (κ3) is 4.42. The quantitative estimate of drug-likeness (QED) is 0.315. The molecule has 1 saturated heterocycles. The summed E-state index contributed by atoms with van der Waals surface area (Å²) in [6.07, 6.45) is -3.37. The van der Waals surface area contributed by atoms with Gasteiger partial charge < -0.3 is 39.8 Å². The second-order valence-electron chi connectivity index (χ2n) is 8.60. The number of nitrogen functional groups attached to an aromatic ring is 1. The number of ether oxygens (including phenoxy) is 1. The van der Waals surface area contributed by atoms with Crippen molar-refractivity contribution in [2.45, 2.75) is 76.0 Å². The molecule has 0 spiro atoms. The molecular formula is C18H29N4O8P. The monoisotopic (exact) mass is 460 g/mol. The van der Waals surface area contributed by atoms with Gasteiger partial charge in [0, 0.05) is 12.6 Å². The number of nitrogens with zero attached hydrogens (tertiary/aromatic N) is 2. The second-order valence-corrected chi connectivity index (χ2v) is 10.8. The summed E-state index contributed by atoms with van der Waals surface area (Å²) < 4.78 is 25.1. The van der Waals surface area contributed by atoms with Gasteiger partial charge in [0.2, 0.25) is 5.95 Å². The summed E-state index contributed by atoms with van der Waals surface area (Å²) in [6, 6.07) is 1.48. The zero-order valence-corrected chi connectivity index (χ0v) is 18.6. The topological polar surface area (TPSA) is 193 Å². The van der Waals surface area contributed by atoms with Gasteiger partial charge in [-0.3, -0.25) is 14.3 Å². The summed E-state index contributed by atoms with van der Waals surface area (Å²) >= 11 is 0. The van der Waals surface area contributed by atoms with Gasteiger partial charge in [0.25, 0.3) is 5.56 Å². The molecule has 31 heavy (non-hydrogen) atoms. The highest BCUT2D eigenvalue weighted by atomic mass is 31.2. The number of hydrogen-bond acceptors (Lipinski definition) is 9.